The average molecular weight is 307 g/mol. The minimum Gasteiger partial charge on any atom is -0.411 e. The zero-order valence-electron chi connectivity index (χ0n) is 11.1. The molecule has 0 spiro atoms. The van der Waals surface area contributed by atoms with Crippen LogP contribution in [0.1, 0.15) is 22.8 Å². The molecule has 0 saturated carbocycles. The highest BCUT2D eigenvalue weighted by Gasteiger charge is 2.12. The number of hydrogen-bond donors (Lipinski definition) is 2. The lowest BCUT2D eigenvalue weighted by Crippen LogP contribution is -2.14. The third kappa shape index (κ3) is 3.38. The summed E-state index contributed by atoms with van der Waals surface area (Å²) in [5.41, 5.74) is 1.66. The maximum Gasteiger partial charge on any atom is 0.255 e. The summed E-state index contributed by atoms with van der Waals surface area (Å²) in [6.45, 7) is 1.61. The summed E-state index contributed by atoms with van der Waals surface area (Å²) in [6.07, 6.45) is 0. The van der Waals surface area contributed by atoms with Crippen LogP contribution in [0.15, 0.2) is 47.6 Å². The van der Waals surface area contributed by atoms with Crippen molar-refractivity contribution in [3.8, 4) is 0 Å². The largest absolute Gasteiger partial charge is 0.411 e. The maximum absolute atomic E-state index is 13.1. The molecule has 0 heterocycles. The van der Waals surface area contributed by atoms with E-state index in [1.165, 1.54) is 12.1 Å². The van der Waals surface area contributed by atoms with Crippen LogP contribution >= 0.6 is 11.6 Å². The maximum atomic E-state index is 13.1. The van der Waals surface area contributed by atoms with Crippen LogP contribution in [0, 0.1) is 5.82 Å². The van der Waals surface area contributed by atoms with Crippen molar-refractivity contribution in [3.63, 3.8) is 0 Å². The van der Waals surface area contributed by atoms with Gasteiger partial charge in [0.05, 0.1) is 16.4 Å². The quantitative estimate of drug-likeness (QED) is 0.513. The molecule has 21 heavy (non-hydrogen) atoms. The molecule has 0 bridgehead atoms. The summed E-state index contributed by atoms with van der Waals surface area (Å²) >= 11 is 5.66. The molecule has 4 nitrogen and oxygen atoms in total. The summed E-state index contributed by atoms with van der Waals surface area (Å²) in [5.74, 6) is -1.02. The summed E-state index contributed by atoms with van der Waals surface area (Å²) in [7, 11) is 0. The lowest BCUT2D eigenvalue weighted by Gasteiger charge is -2.10. The molecule has 2 aromatic carbocycles. The predicted octanol–water partition coefficient (Wildman–Crippen LogP) is 3.93. The van der Waals surface area contributed by atoms with Crippen molar-refractivity contribution < 1.29 is 14.4 Å². The van der Waals surface area contributed by atoms with Gasteiger partial charge in [-0.05, 0) is 31.2 Å². The Morgan fingerprint density at radius 3 is 2.67 bits per heavy atom. The van der Waals surface area contributed by atoms with E-state index in [9.17, 15) is 9.18 Å². The normalized spacial score (nSPS) is 11.3. The highest BCUT2D eigenvalue weighted by Crippen LogP contribution is 2.20. The SMILES string of the molecule is C/C(=N/O)c1ccccc1NC(=O)c1ccc(F)c(Cl)c1. The van der Waals surface area contributed by atoms with Crippen molar-refractivity contribution in [2.45, 2.75) is 6.92 Å². The number of amides is 1. The van der Waals surface area contributed by atoms with Gasteiger partial charge in [0.15, 0.2) is 0 Å². The molecule has 0 aliphatic heterocycles. The molecule has 0 radical (unpaired) electrons. The van der Waals surface area contributed by atoms with E-state index in [0.29, 0.717) is 17.0 Å². The Bertz CT molecular complexity index is 717. The Hall–Kier alpha value is -2.40. The van der Waals surface area contributed by atoms with E-state index in [-0.39, 0.29) is 10.6 Å². The number of benzene rings is 2. The predicted molar refractivity (Wildman–Crippen MR) is 79.8 cm³/mol. The van der Waals surface area contributed by atoms with Crippen molar-refractivity contribution in [2.75, 3.05) is 5.32 Å². The number of nitrogens with one attached hydrogen (secondary N) is 1. The molecule has 2 N–H and O–H groups in total. The molecule has 1 amide bonds. The first-order valence-corrected chi connectivity index (χ1v) is 6.45. The van der Waals surface area contributed by atoms with Gasteiger partial charge in [-0.1, -0.05) is 35.0 Å². The van der Waals surface area contributed by atoms with Gasteiger partial charge in [-0.2, -0.15) is 0 Å². The van der Waals surface area contributed by atoms with Gasteiger partial charge in [-0.15, -0.1) is 0 Å². The molecule has 0 fully saturated rings. The second kappa shape index (κ2) is 6.37. The Morgan fingerprint density at radius 2 is 2.00 bits per heavy atom. The van der Waals surface area contributed by atoms with Crippen LogP contribution in [0.5, 0.6) is 0 Å². The van der Waals surface area contributed by atoms with Crippen molar-refractivity contribution in [3.05, 3.63) is 64.4 Å². The van der Waals surface area contributed by atoms with Gasteiger partial charge in [0.2, 0.25) is 0 Å². The van der Waals surface area contributed by atoms with E-state index in [0.717, 1.165) is 6.07 Å². The molecule has 0 aromatic heterocycles. The zero-order valence-corrected chi connectivity index (χ0v) is 11.9. The fourth-order valence-corrected chi connectivity index (χ4v) is 1.97. The van der Waals surface area contributed by atoms with Gasteiger partial charge in [-0.3, -0.25) is 4.79 Å². The molecular formula is C15H12ClFN2O2. The van der Waals surface area contributed by atoms with Crippen molar-refractivity contribution in [1.29, 1.82) is 0 Å². The van der Waals surface area contributed by atoms with Gasteiger partial charge >= 0.3 is 0 Å². The summed E-state index contributed by atoms with van der Waals surface area (Å²) in [6, 6.07) is 10.6. The summed E-state index contributed by atoms with van der Waals surface area (Å²) < 4.78 is 13.1. The van der Waals surface area contributed by atoms with Crippen LogP contribution < -0.4 is 5.32 Å². The first-order valence-electron chi connectivity index (χ1n) is 6.07. The lowest BCUT2D eigenvalue weighted by molar-refractivity contribution is 0.102. The first-order chi connectivity index (χ1) is 10.0. The number of carbonyl (C=O) groups excluding carboxylic acids is 1. The number of para-hydroxylation sites is 1. The summed E-state index contributed by atoms with van der Waals surface area (Å²) in [5, 5.41) is 14.5. The van der Waals surface area contributed by atoms with Crippen LogP contribution in [0.3, 0.4) is 0 Å². The molecule has 2 rings (SSSR count). The van der Waals surface area contributed by atoms with Crippen LogP contribution in [0.4, 0.5) is 10.1 Å². The number of halogens is 2. The standard InChI is InChI=1S/C15H12ClFN2O2/c1-9(19-21)11-4-2-3-5-14(11)18-15(20)10-6-7-13(17)12(16)8-10/h2-8,21H,1H3,(H,18,20)/b19-9-. The highest BCUT2D eigenvalue weighted by atomic mass is 35.5. The second-order valence-corrected chi connectivity index (χ2v) is 4.72. The first kappa shape index (κ1) is 15.0. The minimum atomic E-state index is -0.586. The summed E-state index contributed by atoms with van der Waals surface area (Å²) in [4.78, 5) is 12.1. The number of rotatable bonds is 3. The zero-order chi connectivity index (χ0) is 15.4. The minimum absolute atomic E-state index is 0.121. The van der Waals surface area contributed by atoms with E-state index >= 15 is 0 Å². The second-order valence-electron chi connectivity index (χ2n) is 4.31. The Morgan fingerprint density at radius 1 is 1.29 bits per heavy atom. The lowest BCUT2D eigenvalue weighted by atomic mass is 10.1. The monoisotopic (exact) mass is 306 g/mol. The van der Waals surface area contributed by atoms with E-state index in [1.807, 2.05) is 0 Å². The average Bonchev–Trinajstić information content (AvgIpc) is 2.49. The van der Waals surface area contributed by atoms with Crippen LogP contribution in [-0.2, 0) is 0 Å². The Kier molecular flexibility index (Phi) is 4.55. The number of carbonyl (C=O) groups is 1. The molecule has 6 heteroatoms. The fourth-order valence-electron chi connectivity index (χ4n) is 1.79. The Balaban J connectivity index is 2.30. The van der Waals surface area contributed by atoms with Gasteiger partial charge in [0, 0.05) is 11.1 Å². The molecule has 0 saturated heterocycles. The van der Waals surface area contributed by atoms with Crippen molar-refractivity contribution in [1.82, 2.24) is 0 Å². The van der Waals surface area contributed by atoms with E-state index in [1.54, 1.807) is 31.2 Å². The molecular weight excluding hydrogens is 295 g/mol. The third-order valence-corrected chi connectivity index (χ3v) is 3.19. The van der Waals surface area contributed by atoms with E-state index < -0.39 is 11.7 Å². The van der Waals surface area contributed by atoms with Crippen LogP contribution in [-0.4, -0.2) is 16.8 Å². The van der Waals surface area contributed by atoms with Crippen LogP contribution in [0.25, 0.3) is 0 Å². The number of hydrogen-bond acceptors (Lipinski definition) is 3. The van der Waals surface area contributed by atoms with Gasteiger partial charge < -0.3 is 10.5 Å². The van der Waals surface area contributed by atoms with E-state index in [2.05, 4.69) is 10.5 Å². The van der Waals surface area contributed by atoms with Gasteiger partial charge in [0.1, 0.15) is 5.82 Å². The molecule has 2 aromatic rings. The fraction of sp³-hybridized carbons (Fsp3) is 0.0667. The third-order valence-electron chi connectivity index (χ3n) is 2.90. The molecule has 108 valence electrons. The topological polar surface area (TPSA) is 61.7 Å². The molecule has 0 atom stereocenters. The molecule has 0 aliphatic rings. The van der Waals surface area contributed by atoms with Crippen LogP contribution in [0.2, 0.25) is 5.02 Å². The number of oxime groups is 1. The molecule has 0 aliphatic carbocycles. The number of nitrogens with zero attached hydrogens (tertiary/aromatic N) is 1. The highest BCUT2D eigenvalue weighted by molar-refractivity contribution is 6.31. The van der Waals surface area contributed by atoms with E-state index in [4.69, 9.17) is 16.8 Å². The molecule has 0 unspecified atom stereocenters. The smallest absolute Gasteiger partial charge is 0.255 e. The van der Waals surface area contributed by atoms with Crippen molar-refractivity contribution >= 4 is 28.9 Å². The van der Waals surface area contributed by atoms with Gasteiger partial charge in [0.25, 0.3) is 5.91 Å². The number of anilines is 1. The Labute approximate surface area is 125 Å². The van der Waals surface area contributed by atoms with Gasteiger partial charge in [-0.25, -0.2) is 4.39 Å². The van der Waals surface area contributed by atoms with Crippen molar-refractivity contribution in [2.24, 2.45) is 5.16 Å².